The lowest BCUT2D eigenvalue weighted by atomic mass is 10.1. The number of hydrogen-bond donors (Lipinski definition) is 0. The molecule has 1 aromatic heterocycles. The van der Waals surface area contributed by atoms with Gasteiger partial charge in [-0.2, -0.15) is 4.98 Å². The molecule has 0 unspecified atom stereocenters. The molecule has 0 bridgehead atoms. The largest absolute Gasteiger partial charge is 0.339 e. The minimum Gasteiger partial charge on any atom is -0.339 e. The molecule has 1 aliphatic rings. The van der Waals surface area contributed by atoms with Gasteiger partial charge in [-0.1, -0.05) is 58.5 Å². The summed E-state index contributed by atoms with van der Waals surface area (Å²) in [6, 6.07) is 0. The van der Waals surface area contributed by atoms with Gasteiger partial charge in [0.15, 0.2) is 5.82 Å². The van der Waals surface area contributed by atoms with Crippen LogP contribution in [0.3, 0.4) is 0 Å². The van der Waals surface area contributed by atoms with Crippen LogP contribution in [-0.2, 0) is 13.0 Å². The minimum atomic E-state index is -0.640. The molecule has 6 nitrogen and oxygen atoms in total. The summed E-state index contributed by atoms with van der Waals surface area (Å²) in [5.41, 5.74) is -0.148. The highest BCUT2D eigenvalue weighted by atomic mass is 35.5. The van der Waals surface area contributed by atoms with Gasteiger partial charge in [0.1, 0.15) is 0 Å². The van der Waals surface area contributed by atoms with Gasteiger partial charge in [-0.05, 0) is 0 Å². The fraction of sp³-hybridized carbons (Fsp3) is 0.231. The van der Waals surface area contributed by atoms with E-state index in [2.05, 4.69) is 10.1 Å². The van der Waals surface area contributed by atoms with Crippen molar-refractivity contribution in [2.24, 2.45) is 0 Å². The summed E-state index contributed by atoms with van der Waals surface area (Å²) in [4.78, 5) is 30.0. The summed E-state index contributed by atoms with van der Waals surface area (Å²) in [6.45, 7) is 1.67. The van der Waals surface area contributed by atoms with E-state index in [4.69, 9.17) is 50.9 Å². The highest BCUT2D eigenvalue weighted by Gasteiger charge is 2.42. The molecule has 2 heterocycles. The van der Waals surface area contributed by atoms with E-state index in [1.54, 1.807) is 0 Å². The Morgan fingerprint density at radius 2 is 1.48 bits per heavy atom. The zero-order valence-electron chi connectivity index (χ0n) is 11.5. The maximum Gasteiger partial charge on any atom is 0.263 e. The number of amides is 2. The third-order valence-electron chi connectivity index (χ3n) is 3.30. The van der Waals surface area contributed by atoms with Crippen molar-refractivity contribution in [2.75, 3.05) is 0 Å². The monoisotopic (exact) mass is 393 g/mol. The van der Waals surface area contributed by atoms with Gasteiger partial charge in [-0.3, -0.25) is 14.5 Å². The predicted octanol–water partition coefficient (Wildman–Crippen LogP) is 4.04. The average Bonchev–Trinajstić information content (AvgIpc) is 3.09. The molecule has 2 amide bonds. The molecule has 0 radical (unpaired) electrons. The Bertz CT molecular complexity index is 802. The van der Waals surface area contributed by atoms with Gasteiger partial charge < -0.3 is 4.52 Å². The normalized spacial score (nSPS) is 13.9. The first-order valence-electron chi connectivity index (χ1n) is 6.40. The number of hydrogen-bond acceptors (Lipinski definition) is 5. The summed E-state index contributed by atoms with van der Waals surface area (Å²) < 4.78 is 4.95. The molecule has 0 aliphatic carbocycles. The number of rotatable bonds is 3. The van der Waals surface area contributed by atoms with Crippen molar-refractivity contribution in [1.82, 2.24) is 15.0 Å². The first-order chi connectivity index (χ1) is 10.9. The van der Waals surface area contributed by atoms with E-state index in [0.717, 1.165) is 4.90 Å². The Hall–Kier alpha value is -1.34. The summed E-state index contributed by atoms with van der Waals surface area (Å²) >= 11 is 24.0. The summed E-state index contributed by atoms with van der Waals surface area (Å²) in [5, 5.41) is 3.34. The molecular formula is C13H7Cl4N3O3. The van der Waals surface area contributed by atoms with Gasteiger partial charge in [0.05, 0.1) is 37.8 Å². The Morgan fingerprint density at radius 1 is 0.957 bits per heavy atom. The van der Waals surface area contributed by atoms with Crippen molar-refractivity contribution in [3.05, 3.63) is 42.9 Å². The molecule has 0 saturated carbocycles. The maximum absolute atomic E-state index is 12.5. The van der Waals surface area contributed by atoms with Crippen LogP contribution in [0, 0.1) is 0 Å². The van der Waals surface area contributed by atoms with Crippen LogP contribution in [-0.4, -0.2) is 26.9 Å². The standard InChI is InChI=1S/C13H7Cl4N3O3/c1-2-5-18-4(19-23-5)3-20-12(21)6-7(13(20)22)9(15)11(17)10(16)8(6)14/h2-3H2,1H3. The van der Waals surface area contributed by atoms with E-state index in [0.29, 0.717) is 12.3 Å². The average molecular weight is 395 g/mol. The Labute approximate surface area is 150 Å². The molecule has 3 rings (SSSR count). The van der Waals surface area contributed by atoms with Crippen LogP contribution in [0.1, 0.15) is 39.4 Å². The zero-order valence-corrected chi connectivity index (χ0v) is 14.5. The van der Waals surface area contributed by atoms with E-state index >= 15 is 0 Å². The van der Waals surface area contributed by atoms with E-state index < -0.39 is 11.8 Å². The number of carbonyl (C=O) groups excluding carboxylic acids is 2. The van der Waals surface area contributed by atoms with E-state index in [1.165, 1.54) is 0 Å². The molecule has 2 aromatic rings. The number of benzene rings is 1. The third-order valence-corrected chi connectivity index (χ3v) is 5.10. The van der Waals surface area contributed by atoms with Crippen LogP contribution in [0.15, 0.2) is 4.52 Å². The van der Waals surface area contributed by atoms with Gasteiger partial charge in [-0.15, -0.1) is 0 Å². The molecule has 1 aromatic carbocycles. The number of halogens is 4. The lowest BCUT2D eigenvalue weighted by Crippen LogP contribution is -2.29. The Balaban J connectivity index is 2.04. The van der Waals surface area contributed by atoms with Gasteiger partial charge >= 0.3 is 0 Å². The van der Waals surface area contributed by atoms with E-state index in [1.807, 2.05) is 6.92 Å². The minimum absolute atomic E-state index is 0.0738. The smallest absolute Gasteiger partial charge is 0.263 e. The first-order valence-corrected chi connectivity index (χ1v) is 7.91. The molecule has 0 N–H and O–H groups in total. The van der Waals surface area contributed by atoms with Crippen molar-refractivity contribution in [3.8, 4) is 0 Å². The number of carbonyl (C=O) groups is 2. The second-order valence-corrected chi connectivity index (χ2v) is 6.17. The quantitative estimate of drug-likeness (QED) is 0.446. The van der Waals surface area contributed by atoms with Crippen molar-refractivity contribution in [1.29, 1.82) is 0 Å². The van der Waals surface area contributed by atoms with Crippen LogP contribution in [0.2, 0.25) is 20.1 Å². The van der Waals surface area contributed by atoms with Crippen LogP contribution in [0.5, 0.6) is 0 Å². The number of fused-ring (bicyclic) bond motifs is 1. The first kappa shape index (κ1) is 16.5. The van der Waals surface area contributed by atoms with Crippen LogP contribution in [0.4, 0.5) is 0 Å². The number of aryl methyl sites for hydroxylation is 1. The van der Waals surface area contributed by atoms with Crippen LogP contribution < -0.4 is 0 Å². The van der Waals surface area contributed by atoms with Gasteiger partial charge in [0.25, 0.3) is 11.8 Å². The Morgan fingerprint density at radius 3 is 1.91 bits per heavy atom. The van der Waals surface area contributed by atoms with Crippen molar-refractivity contribution >= 4 is 58.2 Å². The second-order valence-electron chi connectivity index (χ2n) is 4.66. The van der Waals surface area contributed by atoms with E-state index in [9.17, 15) is 9.59 Å². The maximum atomic E-state index is 12.5. The van der Waals surface area contributed by atoms with Gasteiger partial charge in [0, 0.05) is 6.42 Å². The molecule has 23 heavy (non-hydrogen) atoms. The molecule has 0 spiro atoms. The third kappa shape index (κ3) is 2.50. The fourth-order valence-electron chi connectivity index (χ4n) is 2.18. The van der Waals surface area contributed by atoms with Gasteiger partial charge in [-0.25, -0.2) is 0 Å². The molecule has 0 atom stereocenters. The van der Waals surface area contributed by atoms with Crippen molar-refractivity contribution < 1.29 is 14.1 Å². The number of nitrogens with zero attached hydrogens (tertiary/aromatic N) is 3. The molecule has 0 fully saturated rings. The van der Waals surface area contributed by atoms with Crippen molar-refractivity contribution in [3.63, 3.8) is 0 Å². The lowest BCUT2D eigenvalue weighted by molar-refractivity contribution is 0.0637. The summed E-state index contributed by atoms with van der Waals surface area (Å²) in [5.74, 6) is -0.684. The topological polar surface area (TPSA) is 76.3 Å². The van der Waals surface area contributed by atoms with Crippen molar-refractivity contribution in [2.45, 2.75) is 19.9 Å². The number of imide groups is 1. The SMILES string of the molecule is CCc1nc(CN2C(=O)c3c(Cl)c(Cl)c(Cl)c(Cl)c3C2=O)no1. The fourth-order valence-corrected chi connectivity index (χ4v) is 3.19. The van der Waals surface area contributed by atoms with E-state index in [-0.39, 0.29) is 43.6 Å². The van der Waals surface area contributed by atoms with Gasteiger partial charge in [0.2, 0.25) is 5.89 Å². The molecule has 1 aliphatic heterocycles. The summed E-state index contributed by atoms with van der Waals surface area (Å²) in [7, 11) is 0. The number of aromatic nitrogens is 2. The molecule has 10 heteroatoms. The lowest BCUT2D eigenvalue weighted by Gasteiger charge is -2.10. The molecule has 0 saturated heterocycles. The Kier molecular flexibility index (Phi) is 4.27. The highest BCUT2D eigenvalue weighted by Crippen LogP contribution is 2.44. The predicted molar refractivity (Wildman–Crippen MR) is 84.4 cm³/mol. The molecular weight excluding hydrogens is 388 g/mol. The second kappa shape index (κ2) is 5.94. The van der Waals surface area contributed by atoms with Crippen LogP contribution in [0.25, 0.3) is 0 Å². The van der Waals surface area contributed by atoms with Crippen LogP contribution >= 0.6 is 46.4 Å². The molecule has 120 valence electrons. The zero-order chi connectivity index (χ0) is 16.9. The summed E-state index contributed by atoms with van der Waals surface area (Å²) in [6.07, 6.45) is 0.540. The highest BCUT2D eigenvalue weighted by molar-refractivity contribution is 6.55.